The number of hydrogen-bond acceptors (Lipinski definition) is 3. The van der Waals surface area contributed by atoms with Crippen LogP contribution in [0, 0.1) is 13.8 Å². The smallest absolute Gasteiger partial charge is 0.267 e. The number of carbonyl (C=O) groups excluding carboxylic acids is 2. The predicted octanol–water partition coefficient (Wildman–Crippen LogP) is 4.77. The summed E-state index contributed by atoms with van der Waals surface area (Å²) < 4.78 is 0. The van der Waals surface area contributed by atoms with Crippen LogP contribution in [-0.2, 0) is 12.8 Å². The van der Waals surface area contributed by atoms with E-state index in [0.717, 1.165) is 30.4 Å². The van der Waals surface area contributed by atoms with E-state index in [1.807, 2.05) is 71.0 Å². The van der Waals surface area contributed by atoms with E-state index in [-0.39, 0.29) is 11.8 Å². The Kier molecular flexibility index (Phi) is 5.71. The highest BCUT2D eigenvalue weighted by molar-refractivity contribution is 6.10. The molecule has 4 nitrogen and oxygen atoms in total. The summed E-state index contributed by atoms with van der Waals surface area (Å²) in [5.41, 5.74) is 8.29. The number of hydrogen-bond donors (Lipinski definition) is 1. The lowest BCUT2D eigenvalue weighted by molar-refractivity contribution is 0.0452. The summed E-state index contributed by atoms with van der Waals surface area (Å²) in [5, 5.41) is 1.18. The van der Waals surface area contributed by atoms with E-state index in [1.165, 1.54) is 22.6 Å². The van der Waals surface area contributed by atoms with Gasteiger partial charge in [-0.1, -0.05) is 23.3 Å². The Balaban J connectivity index is 1.97. The Morgan fingerprint density at radius 1 is 0.821 bits per heavy atom. The first-order valence-electron chi connectivity index (χ1n) is 10.0. The molecule has 0 fully saturated rings. The minimum absolute atomic E-state index is 0.313. The van der Waals surface area contributed by atoms with Crippen LogP contribution in [0.4, 0.5) is 0 Å². The average Bonchev–Trinajstić information content (AvgIpc) is 2.63. The molecule has 0 aromatic heterocycles. The maximum absolute atomic E-state index is 13.3. The third kappa shape index (κ3) is 4.68. The number of amides is 2. The minimum atomic E-state index is -0.432. The molecule has 2 amide bonds. The van der Waals surface area contributed by atoms with Gasteiger partial charge in [0.1, 0.15) is 0 Å². The van der Waals surface area contributed by atoms with Crippen LogP contribution in [0.25, 0.3) is 0 Å². The summed E-state index contributed by atoms with van der Waals surface area (Å²) in [6.07, 6.45) is 4.41. The van der Waals surface area contributed by atoms with E-state index in [9.17, 15) is 9.59 Å². The first kappa shape index (κ1) is 20.3. The molecule has 4 heteroatoms. The van der Waals surface area contributed by atoms with Crippen LogP contribution in [0.3, 0.4) is 0 Å². The van der Waals surface area contributed by atoms with Gasteiger partial charge in [-0.25, -0.2) is 10.4 Å². The summed E-state index contributed by atoms with van der Waals surface area (Å²) >= 11 is 0. The van der Waals surface area contributed by atoms with Crippen LogP contribution in [-0.4, -0.2) is 22.4 Å². The van der Waals surface area contributed by atoms with Crippen LogP contribution >= 0.6 is 0 Å². The Hall–Kier alpha value is -2.46. The number of imide groups is 1. The van der Waals surface area contributed by atoms with Crippen LogP contribution < -0.4 is 5.43 Å². The van der Waals surface area contributed by atoms with Crippen molar-refractivity contribution in [1.82, 2.24) is 10.4 Å². The molecule has 0 bridgehead atoms. The second-order valence-electron chi connectivity index (χ2n) is 8.87. The number of fused-ring (bicyclic) bond motifs is 1. The fraction of sp³-hybridized carbons (Fsp3) is 0.417. The highest BCUT2D eigenvalue weighted by Crippen LogP contribution is 2.23. The van der Waals surface area contributed by atoms with Crippen molar-refractivity contribution >= 4 is 11.8 Å². The van der Waals surface area contributed by atoms with E-state index in [2.05, 4.69) is 5.43 Å². The lowest BCUT2D eigenvalue weighted by Gasteiger charge is -2.30. The van der Waals surface area contributed by atoms with E-state index in [0.29, 0.717) is 11.1 Å². The quantitative estimate of drug-likeness (QED) is 0.618. The molecule has 0 atom stereocenters. The molecule has 0 saturated heterocycles. The Morgan fingerprint density at radius 3 is 2.00 bits per heavy atom. The molecule has 2 aromatic carbocycles. The number of aryl methyl sites for hydroxylation is 4. The summed E-state index contributed by atoms with van der Waals surface area (Å²) in [5.74, 6) is -0.642. The van der Waals surface area contributed by atoms with Gasteiger partial charge in [0.25, 0.3) is 11.8 Å². The van der Waals surface area contributed by atoms with Gasteiger partial charge in [-0.15, -0.1) is 0 Å². The molecule has 1 aliphatic rings. The summed E-state index contributed by atoms with van der Waals surface area (Å²) in [4.78, 5) is 26.6. The molecule has 28 heavy (non-hydrogen) atoms. The van der Waals surface area contributed by atoms with Crippen molar-refractivity contribution in [3.05, 3.63) is 69.8 Å². The van der Waals surface area contributed by atoms with Crippen molar-refractivity contribution in [3.8, 4) is 0 Å². The number of nitrogens with zero attached hydrogens (tertiary/aromatic N) is 1. The summed E-state index contributed by atoms with van der Waals surface area (Å²) in [6.45, 7) is 9.73. The van der Waals surface area contributed by atoms with Crippen molar-refractivity contribution in [2.45, 2.75) is 65.8 Å². The molecule has 1 N–H and O–H groups in total. The number of benzene rings is 2. The lowest BCUT2D eigenvalue weighted by Crippen LogP contribution is -2.54. The maximum Gasteiger partial charge on any atom is 0.275 e. The van der Waals surface area contributed by atoms with Gasteiger partial charge >= 0.3 is 0 Å². The number of carbonyl (C=O) groups is 2. The van der Waals surface area contributed by atoms with Crippen LogP contribution in [0.2, 0.25) is 0 Å². The SMILES string of the molecule is Cc1cc(C)cc(C(=O)N(NC(C)(C)C)C(=O)c2ccc3c(c2)CCCC3)c1. The van der Waals surface area contributed by atoms with E-state index in [4.69, 9.17) is 0 Å². The molecular weight excluding hydrogens is 348 g/mol. The molecule has 0 unspecified atom stereocenters. The predicted molar refractivity (Wildman–Crippen MR) is 112 cm³/mol. The molecule has 0 saturated carbocycles. The Morgan fingerprint density at radius 2 is 1.39 bits per heavy atom. The fourth-order valence-electron chi connectivity index (χ4n) is 3.75. The zero-order valence-corrected chi connectivity index (χ0v) is 17.6. The molecule has 0 heterocycles. The van der Waals surface area contributed by atoms with Gasteiger partial charge in [-0.05, 0) is 95.7 Å². The first-order valence-corrected chi connectivity index (χ1v) is 10.0. The second-order valence-corrected chi connectivity index (χ2v) is 8.87. The van der Waals surface area contributed by atoms with Gasteiger partial charge in [0, 0.05) is 16.7 Å². The van der Waals surface area contributed by atoms with Crippen molar-refractivity contribution in [2.75, 3.05) is 0 Å². The van der Waals surface area contributed by atoms with Crippen LogP contribution in [0.1, 0.15) is 76.6 Å². The number of hydrazine groups is 1. The zero-order chi connectivity index (χ0) is 20.5. The molecule has 0 spiro atoms. The maximum atomic E-state index is 13.3. The lowest BCUT2D eigenvalue weighted by atomic mass is 9.90. The van der Waals surface area contributed by atoms with Gasteiger partial charge in [-0.3, -0.25) is 9.59 Å². The fourth-order valence-corrected chi connectivity index (χ4v) is 3.75. The second kappa shape index (κ2) is 7.88. The third-order valence-corrected chi connectivity index (χ3v) is 4.92. The number of nitrogens with one attached hydrogen (secondary N) is 1. The molecule has 0 aliphatic heterocycles. The summed E-state index contributed by atoms with van der Waals surface area (Å²) in [6, 6.07) is 11.5. The van der Waals surface area contributed by atoms with Crippen molar-refractivity contribution in [2.24, 2.45) is 0 Å². The highest BCUT2D eigenvalue weighted by atomic mass is 16.2. The minimum Gasteiger partial charge on any atom is -0.267 e. The van der Waals surface area contributed by atoms with Crippen LogP contribution in [0.5, 0.6) is 0 Å². The summed E-state index contributed by atoms with van der Waals surface area (Å²) in [7, 11) is 0. The van der Waals surface area contributed by atoms with Crippen molar-refractivity contribution < 1.29 is 9.59 Å². The largest absolute Gasteiger partial charge is 0.275 e. The normalized spacial score (nSPS) is 13.8. The number of rotatable bonds is 3. The standard InChI is InChI=1S/C24H30N2O2/c1-16-12-17(2)14-21(13-16)23(28)26(25-24(3,4)5)22(27)20-11-10-18-8-6-7-9-19(18)15-20/h10-15,25H,6-9H2,1-5H3. The monoisotopic (exact) mass is 378 g/mol. The van der Waals surface area contributed by atoms with Crippen molar-refractivity contribution in [1.29, 1.82) is 0 Å². The molecule has 0 radical (unpaired) electrons. The van der Waals surface area contributed by atoms with Gasteiger partial charge in [0.2, 0.25) is 0 Å². The van der Waals surface area contributed by atoms with Gasteiger partial charge in [0.05, 0.1) is 0 Å². The molecule has 3 rings (SSSR count). The third-order valence-electron chi connectivity index (χ3n) is 4.92. The molecular formula is C24H30N2O2. The zero-order valence-electron chi connectivity index (χ0n) is 17.6. The van der Waals surface area contributed by atoms with Crippen LogP contribution in [0.15, 0.2) is 36.4 Å². The molecule has 148 valence electrons. The van der Waals surface area contributed by atoms with Gasteiger partial charge in [-0.2, -0.15) is 0 Å². The molecule has 2 aromatic rings. The average molecular weight is 379 g/mol. The van der Waals surface area contributed by atoms with Gasteiger partial charge in [0.15, 0.2) is 0 Å². The topological polar surface area (TPSA) is 49.4 Å². The van der Waals surface area contributed by atoms with Gasteiger partial charge < -0.3 is 0 Å². The Bertz CT molecular complexity index is 889. The highest BCUT2D eigenvalue weighted by Gasteiger charge is 2.29. The first-order chi connectivity index (χ1) is 13.1. The van der Waals surface area contributed by atoms with E-state index < -0.39 is 5.54 Å². The molecule has 1 aliphatic carbocycles. The van der Waals surface area contributed by atoms with E-state index in [1.54, 1.807) is 0 Å². The van der Waals surface area contributed by atoms with Crippen molar-refractivity contribution in [3.63, 3.8) is 0 Å². The Labute approximate surface area is 167 Å². The van der Waals surface area contributed by atoms with E-state index >= 15 is 0 Å².